The molecule has 15 heavy (non-hydrogen) atoms. The van der Waals surface area contributed by atoms with Crippen molar-refractivity contribution in [3.63, 3.8) is 0 Å². The molecule has 0 heterocycles. The highest BCUT2D eigenvalue weighted by Gasteiger charge is 2.58. The fourth-order valence-corrected chi connectivity index (χ4v) is 2.35. The lowest BCUT2D eigenvalue weighted by atomic mass is 9.93. The van der Waals surface area contributed by atoms with E-state index in [0.29, 0.717) is 18.1 Å². The highest BCUT2D eigenvalue weighted by atomic mass is 15.2. The molecule has 0 saturated heterocycles. The van der Waals surface area contributed by atoms with Gasteiger partial charge in [-0.1, -0.05) is 6.42 Å². The van der Waals surface area contributed by atoms with Crippen molar-refractivity contribution in [2.24, 2.45) is 5.73 Å². The molecule has 3 rings (SSSR count). The third kappa shape index (κ3) is 1.65. The quantitative estimate of drug-likeness (QED) is 0.598. The predicted molar refractivity (Wildman–Crippen MR) is 57.0 cm³/mol. The summed E-state index contributed by atoms with van der Waals surface area (Å²) >= 11 is 0. The molecule has 4 atom stereocenters. The average Bonchev–Trinajstić information content (AvgIpc) is 3.02. The standard InChI is InChI=1S/C11H18N4/c12-6-11(15-9-4-8(9)13)5-10(11)14-7-2-1-3-7/h7-10,14-15H,1-5,13H2/t8?,9-,10?,11?/m0/s1. The fourth-order valence-electron chi connectivity index (χ4n) is 2.35. The summed E-state index contributed by atoms with van der Waals surface area (Å²) in [6, 6.07) is 4.11. The van der Waals surface area contributed by atoms with Crippen LogP contribution >= 0.6 is 0 Å². The summed E-state index contributed by atoms with van der Waals surface area (Å²) in [5, 5.41) is 16.2. The first-order chi connectivity index (χ1) is 7.23. The Kier molecular flexibility index (Phi) is 2.03. The van der Waals surface area contributed by atoms with Gasteiger partial charge in [0.25, 0.3) is 0 Å². The van der Waals surface area contributed by atoms with E-state index in [2.05, 4.69) is 16.7 Å². The van der Waals surface area contributed by atoms with Crippen molar-refractivity contribution in [1.29, 1.82) is 5.26 Å². The molecule has 3 unspecified atom stereocenters. The summed E-state index contributed by atoms with van der Waals surface area (Å²) in [7, 11) is 0. The van der Waals surface area contributed by atoms with Crippen molar-refractivity contribution in [3.8, 4) is 6.07 Å². The third-order valence-corrected chi connectivity index (χ3v) is 3.99. The maximum absolute atomic E-state index is 9.20. The van der Waals surface area contributed by atoms with E-state index in [1.807, 2.05) is 0 Å². The molecule has 3 aliphatic rings. The molecule has 82 valence electrons. The maximum atomic E-state index is 9.20. The number of nitrogens with two attached hydrogens (primary N) is 1. The molecule has 0 amide bonds. The van der Waals surface area contributed by atoms with Crippen LogP contribution in [0.2, 0.25) is 0 Å². The Labute approximate surface area is 90.2 Å². The number of hydrogen-bond acceptors (Lipinski definition) is 4. The van der Waals surface area contributed by atoms with Gasteiger partial charge in [0, 0.05) is 24.2 Å². The summed E-state index contributed by atoms with van der Waals surface area (Å²) in [6.45, 7) is 0. The minimum absolute atomic E-state index is 0.278. The van der Waals surface area contributed by atoms with Crippen molar-refractivity contribution in [2.45, 2.75) is 61.8 Å². The Morgan fingerprint density at radius 2 is 2.13 bits per heavy atom. The van der Waals surface area contributed by atoms with Crippen molar-refractivity contribution in [3.05, 3.63) is 0 Å². The molecular formula is C11H18N4. The van der Waals surface area contributed by atoms with Crippen LogP contribution in [0.5, 0.6) is 0 Å². The summed E-state index contributed by atoms with van der Waals surface area (Å²) in [5.41, 5.74) is 5.45. The Bertz CT molecular complexity index is 306. The van der Waals surface area contributed by atoms with Crippen molar-refractivity contribution in [2.75, 3.05) is 0 Å². The van der Waals surface area contributed by atoms with E-state index < -0.39 is 0 Å². The first kappa shape index (κ1) is 9.59. The van der Waals surface area contributed by atoms with Crippen molar-refractivity contribution < 1.29 is 0 Å². The normalized spacial score (nSPS) is 48.1. The lowest BCUT2D eigenvalue weighted by Crippen LogP contribution is -2.45. The van der Waals surface area contributed by atoms with Crippen LogP contribution < -0.4 is 16.4 Å². The monoisotopic (exact) mass is 206 g/mol. The zero-order valence-electron chi connectivity index (χ0n) is 8.87. The van der Waals surface area contributed by atoms with Crippen LogP contribution in [-0.4, -0.2) is 29.7 Å². The SMILES string of the molecule is N#CC1(N[C@H]2CC2N)CC1NC1CCC1. The third-order valence-electron chi connectivity index (χ3n) is 3.99. The fraction of sp³-hybridized carbons (Fsp3) is 0.909. The molecule has 0 radical (unpaired) electrons. The van der Waals surface area contributed by atoms with E-state index in [1.165, 1.54) is 19.3 Å². The van der Waals surface area contributed by atoms with E-state index in [0.717, 1.165) is 12.8 Å². The first-order valence-electron chi connectivity index (χ1n) is 5.94. The van der Waals surface area contributed by atoms with E-state index in [4.69, 9.17) is 5.73 Å². The maximum Gasteiger partial charge on any atom is 0.124 e. The number of rotatable bonds is 4. The molecule has 4 nitrogen and oxygen atoms in total. The smallest absolute Gasteiger partial charge is 0.124 e. The van der Waals surface area contributed by atoms with Gasteiger partial charge in [0.05, 0.1) is 6.07 Å². The van der Waals surface area contributed by atoms with Crippen LogP contribution in [-0.2, 0) is 0 Å². The van der Waals surface area contributed by atoms with Crippen LogP contribution in [0, 0.1) is 11.3 Å². The van der Waals surface area contributed by atoms with Crippen molar-refractivity contribution >= 4 is 0 Å². The molecule has 0 aromatic heterocycles. The predicted octanol–water partition coefficient (Wildman–Crippen LogP) is -0.148. The molecule has 3 aliphatic carbocycles. The Morgan fingerprint density at radius 3 is 2.60 bits per heavy atom. The van der Waals surface area contributed by atoms with Crippen LogP contribution in [0.25, 0.3) is 0 Å². The van der Waals surface area contributed by atoms with Gasteiger partial charge in [-0.3, -0.25) is 5.32 Å². The summed E-state index contributed by atoms with van der Waals surface area (Å²) in [6.07, 6.45) is 5.87. The molecule has 0 bridgehead atoms. The van der Waals surface area contributed by atoms with E-state index in [9.17, 15) is 5.26 Å². The number of nitrogens with zero attached hydrogens (tertiary/aromatic N) is 1. The summed E-state index contributed by atoms with van der Waals surface area (Å²) in [4.78, 5) is 0. The second-order valence-electron chi connectivity index (χ2n) is 5.28. The molecule has 4 N–H and O–H groups in total. The molecule has 0 spiro atoms. The lowest BCUT2D eigenvalue weighted by Gasteiger charge is -2.27. The van der Waals surface area contributed by atoms with E-state index >= 15 is 0 Å². The van der Waals surface area contributed by atoms with Gasteiger partial charge in [-0.25, -0.2) is 0 Å². The Hall–Kier alpha value is -0.630. The second kappa shape index (κ2) is 3.18. The van der Waals surface area contributed by atoms with Gasteiger partial charge in [-0.05, 0) is 25.7 Å². The Morgan fingerprint density at radius 1 is 1.40 bits per heavy atom. The van der Waals surface area contributed by atoms with Gasteiger partial charge in [0.2, 0.25) is 0 Å². The summed E-state index contributed by atoms with van der Waals surface area (Å²) < 4.78 is 0. The first-order valence-corrected chi connectivity index (χ1v) is 5.94. The number of nitrogens with one attached hydrogen (secondary N) is 2. The lowest BCUT2D eigenvalue weighted by molar-refractivity contribution is 0.327. The van der Waals surface area contributed by atoms with Gasteiger partial charge in [-0.15, -0.1) is 0 Å². The van der Waals surface area contributed by atoms with Gasteiger partial charge < -0.3 is 11.1 Å². The highest BCUT2D eigenvalue weighted by Crippen LogP contribution is 2.40. The molecular weight excluding hydrogens is 188 g/mol. The zero-order valence-corrected chi connectivity index (χ0v) is 8.87. The second-order valence-corrected chi connectivity index (χ2v) is 5.28. The van der Waals surface area contributed by atoms with Crippen LogP contribution in [0.1, 0.15) is 32.1 Å². The molecule has 0 aliphatic heterocycles. The minimum Gasteiger partial charge on any atom is -0.326 e. The van der Waals surface area contributed by atoms with Crippen LogP contribution in [0.4, 0.5) is 0 Å². The van der Waals surface area contributed by atoms with E-state index in [1.54, 1.807) is 0 Å². The van der Waals surface area contributed by atoms with E-state index in [-0.39, 0.29) is 11.6 Å². The zero-order chi connectivity index (χ0) is 10.5. The number of nitriles is 1. The summed E-state index contributed by atoms with van der Waals surface area (Å²) in [5.74, 6) is 0. The molecule has 3 fully saturated rings. The molecule has 0 aromatic carbocycles. The molecule has 0 aromatic rings. The topological polar surface area (TPSA) is 73.9 Å². The highest BCUT2D eigenvalue weighted by molar-refractivity contribution is 5.30. The van der Waals surface area contributed by atoms with Gasteiger partial charge in [0.1, 0.15) is 5.54 Å². The van der Waals surface area contributed by atoms with Gasteiger partial charge >= 0.3 is 0 Å². The molecule has 4 heteroatoms. The van der Waals surface area contributed by atoms with Crippen molar-refractivity contribution in [1.82, 2.24) is 10.6 Å². The average molecular weight is 206 g/mol. The minimum atomic E-state index is -0.297. The molecule has 3 saturated carbocycles. The van der Waals surface area contributed by atoms with Crippen LogP contribution in [0.3, 0.4) is 0 Å². The Balaban J connectivity index is 1.52. The van der Waals surface area contributed by atoms with Gasteiger partial charge in [-0.2, -0.15) is 5.26 Å². The van der Waals surface area contributed by atoms with Crippen LogP contribution in [0.15, 0.2) is 0 Å². The van der Waals surface area contributed by atoms with Gasteiger partial charge in [0.15, 0.2) is 0 Å². The number of hydrogen-bond donors (Lipinski definition) is 3. The largest absolute Gasteiger partial charge is 0.326 e.